The minimum atomic E-state index is -1.29. The van der Waals surface area contributed by atoms with Crippen LogP contribution in [0.1, 0.15) is 6.23 Å². The van der Waals surface area contributed by atoms with E-state index in [1.807, 2.05) is 0 Å². The molecule has 4 heterocycles. The van der Waals surface area contributed by atoms with Gasteiger partial charge in [-0.3, -0.25) is 9.36 Å². The van der Waals surface area contributed by atoms with E-state index in [2.05, 4.69) is 20.1 Å². The molecule has 0 aliphatic carbocycles. The fourth-order valence-corrected chi connectivity index (χ4v) is 2.82. The molecule has 0 bridgehead atoms. The normalized spacial score (nSPS) is 29.2. The van der Waals surface area contributed by atoms with Crippen molar-refractivity contribution in [2.24, 2.45) is 5.10 Å². The van der Waals surface area contributed by atoms with Crippen molar-refractivity contribution in [2.45, 2.75) is 24.5 Å². The van der Waals surface area contributed by atoms with Gasteiger partial charge in [0, 0.05) is 0 Å². The molecular weight excluding hydrogens is 334 g/mol. The van der Waals surface area contributed by atoms with Crippen molar-refractivity contribution in [2.75, 3.05) is 23.9 Å². The number of ketones is 1. The van der Waals surface area contributed by atoms with Gasteiger partial charge in [0.15, 0.2) is 23.5 Å². The van der Waals surface area contributed by atoms with Crippen LogP contribution < -0.4 is 10.7 Å². The monoisotopic (exact) mass is 349 g/mol. The highest BCUT2D eigenvalue weighted by Crippen LogP contribution is 2.32. The number of nitrogens with two attached hydrogens (primary N) is 1. The lowest BCUT2D eigenvalue weighted by atomic mass is 10.1. The summed E-state index contributed by atoms with van der Waals surface area (Å²) in [6.07, 6.45) is -1.99. The van der Waals surface area contributed by atoms with Gasteiger partial charge in [0.2, 0.25) is 0 Å². The van der Waals surface area contributed by atoms with E-state index in [0.717, 1.165) is 6.21 Å². The number of aliphatic hydroxyl groups excluding tert-OH is 3. The molecule has 2 aromatic rings. The average molecular weight is 349 g/mol. The van der Waals surface area contributed by atoms with Crippen molar-refractivity contribution in [3.63, 3.8) is 0 Å². The van der Waals surface area contributed by atoms with E-state index in [-0.39, 0.29) is 35.3 Å². The Morgan fingerprint density at radius 1 is 1.32 bits per heavy atom. The van der Waals surface area contributed by atoms with Crippen molar-refractivity contribution in [3.8, 4) is 0 Å². The fourth-order valence-electron chi connectivity index (χ4n) is 2.82. The van der Waals surface area contributed by atoms with Gasteiger partial charge < -0.3 is 25.8 Å². The molecule has 5 N–H and O–H groups in total. The second-order valence-corrected chi connectivity index (χ2v) is 5.73. The summed E-state index contributed by atoms with van der Waals surface area (Å²) in [6.45, 7) is -0.457. The number of hydrogen-bond acceptors (Lipinski definition) is 11. The Morgan fingerprint density at radius 2 is 2.12 bits per heavy atom. The van der Waals surface area contributed by atoms with Crippen LogP contribution in [0.5, 0.6) is 0 Å². The number of ether oxygens (including phenoxy) is 1. The summed E-state index contributed by atoms with van der Waals surface area (Å²) < 4.78 is 6.88. The molecule has 132 valence electrons. The van der Waals surface area contributed by atoms with Crippen LogP contribution >= 0.6 is 0 Å². The molecule has 1 fully saturated rings. The highest BCUT2D eigenvalue weighted by molar-refractivity contribution is 6.31. The van der Waals surface area contributed by atoms with Gasteiger partial charge in [0.25, 0.3) is 5.95 Å². The lowest BCUT2D eigenvalue weighted by Gasteiger charge is -2.17. The minimum Gasteiger partial charge on any atom is -0.394 e. The lowest BCUT2D eigenvalue weighted by Crippen LogP contribution is -2.33. The number of aliphatic hydroxyl groups is 3. The molecule has 4 atom stereocenters. The molecule has 0 amide bonds. The first-order valence-electron chi connectivity index (χ1n) is 7.46. The van der Waals surface area contributed by atoms with E-state index in [0.29, 0.717) is 0 Å². The Hall–Kier alpha value is -2.67. The van der Waals surface area contributed by atoms with E-state index >= 15 is 0 Å². The Labute approximate surface area is 140 Å². The molecule has 0 aromatic carbocycles. The van der Waals surface area contributed by atoms with Crippen LogP contribution in [0.3, 0.4) is 0 Å². The number of carbonyl (C=O) groups is 1. The summed E-state index contributed by atoms with van der Waals surface area (Å²) in [4.78, 5) is 23.8. The van der Waals surface area contributed by atoms with E-state index in [1.165, 1.54) is 15.9 Å². The Morgan fingerprint density at radius 3 is 2.76 bits per heavy atom. The number of imidazole rings is 1. The topological polar surface area (TPSA) is 172 Å². The van der Waals surface area contributed by atoms with Gasteiger partial charge in [-0.2, -0.15) is 15.1 Å². The number of fused-ring (bicyclic) bond motifs is 1. The van der Waals surface area contributed by atoms with Gasteiger partial charge in [-0.15, -0.1) is 0 Å². The molecule has 4 rings (SSSR count). The standard InChI is InChI=1S/C13H15N7O5/c14-10-7-11(18-13(17-10)20-2-5(22)1-16-20)19(4-15-7)12-9(24)8(23)6(3-21)25-12/h1,4,6,8-9,12,21,23-24H,2-3H2,(H2,14,17,18)/t6-,8-,9-,12-/m1/s1. The Balaban J connectivity index is 1.77. The number of carbonyl (C=O) groups excluding carboxylic acids is 1. The third kappa shape index (κ3) is 2.42. The second-order valence-electron chi connectivity index (χ2n) is 5.73. The third-order valence-electron chi connectivity index (χ3n) is 4.11. The van der Waals surface area contributed by atoms with Crippen LogP contribution in [0.15, 0.2) is 11.4 Å². The van der Waals surface area contributed by atoms with Crippen LogP contribution in [0.2, 0.25) is 0 Å². The van der Waals surface area contributed by atoms with E-state index in [9.17, 15) is 20.1 Å². The fraction of sp³-hybridized carbons (Fsp3) is 0.462. The zero-order valence-electron chi connectivity index (χ0n) is 12.8. The molecule has 0 spiro atoms. The molecule has 25 heavy (non-hydrogen) atoms. The SMILES string of the molecule is Nc1nc(N2CC(=O)C=N2)nc2c1ncn2[C@@H]1O[C@H](CO)[C@@H](O)[C@H]1O. The first-order valence-corrected chi connectivity index (χ1v) is 7.46. The van der Waals surface area contributed by atoms with E-state index in [4.69, 9.17) is 10.5 Å². The largest absolute Gasteiger partial charge is 0.394 e. The number of Topliss-reactive ketones (excluding diaryl/α,β-unsaturated/α-hetero) is 1. The van der Waals surface area contributed by atoms with Gasteiger partial charge in [-0.25, -0.2) is 9.99 Å². The highest BCUT2D eigenvalue weighted by Gasteiger charge is 2.44. The predicted octanol–water partition coefficient (Wildman–Crippen LogP) is -2.61. The van der Waals surface area contributed by atoms with Gasteiger partial charge in [-0.1, -0.05) is 0 Å². The quantitative estimate of drug-likeness (QED) is 0.460. The van der Waals surface area contributed by atoms with Gasteiger partial charge in [0.1, 0.15) is 30.4 Å². The first kappa shape index (κ1) is 15.8. The summed E-state index contributed by atoms with van der Waals surface area (Å²) in [5, 5.41) is 34.5. The van der Waals surface area contributed by atoms with E-state index < -0.39 is 31.1 Å². The van der Waals surface area contributed by atoms with Gasteiger partial charge >= 0.3 is 0 Å². The molecule has 1 saturated heterocycles. The molecular formula is C13H15N7O5. The number of anilines is 2. The maximum absolute atomic E-state index is 11.3. The van der Waals surface area contributed by atoms with Gasteiger partial charge in [0.05, 0.1) is 19.1 Å². The van der Waals surface area contributed by atoms with Crippen LogP contribution in [0.4, 0.5) is 11.8 Å². The van der Waals surface area contributed by atoms with Crippen LogP contribution in [-0.2, 0) is 9.53 Å². The number of hydrazone groups is 1. The number of nitrogens with zero attached hydrogens (tertiary/aromatic N) is 6. The number of hydrogen-bond donors (Lipinski definition) is 4. The molecule has 0 radical (unpaired) electrons. The number of rotatable bonds is 3. The van der Waals surface area contributed by atoms with Crippen LogP contribution in [-0.4, -0.2) is 78.3 Å². The van der Waals surface area contributed by atoms with Crippen molar-refractivity contribution in [1.29, 1.82) is 0 Å². The molecule has 12 heteroatoms. The highest BCUT2D eigenvalue weighted by atomic mass is 16.6. The summed E-state index contributed by atoms with van der Waals surface area (Å²) >= 11 is 0. The maximum atomic E-state index is 11.3. The van der Waals surface area contributed by atoms with Crippen molar-refractivity contribution in [3.05, 3.63) is 6.33 Å². The molecule has 0 saturated carbocycles. The molecule has 12 nitrogen and oxygen atoms in total. The first-order chi connectivity index (χ1) is 12.0. The Bertz CT molecular complexity index is 868. The third-order valence-corrected chi connectivity index (χ3v) is 4.11. The molecule has 2 aromatic heterocycles. The van der Waals surface area contributed by atoms with Crippen molar-refractivity contribution in [1.82, 2.24) is 19.5 Å². The summed E-state index contributed by atoms with van der Waals surface area (Å²) in [6, 6.07) is 0. The zero-order valence-corrected chi connectivity index (χ0v) is 12.8. The predicted molar refractivity (Wildman–Crippen MR) is 83.6 cm³/mol. The van der Waals surface area contributed by atoms with Crippen molar-refractivity contribution < 1.29 is 24.9 Å². The zero-order chi connectivity index (χ0) is 17.7. The molecule has 2 aliphatic rings. The minimum absolute atomic E-state index is 0.00701. The molecule has 0 unspecified atom stereocenters. The number of nitrogen functional groups attached to an aromatic ring is 1. The summed E-state index contributed by atoms with van der Waals surface area (Å²) in [5.41, 5.74) is 6.42. The summed E-state index contributed by atoms with van der Waals surface area (Å²) in [5.74, 6) is -0.0279. The van der Waals surface area contributed by atoms with Crippen LogP contribution in [0, 0.1) is 0 Å². The number of aromatic nitrogens is 4. The van der Waals surface area contributed by atoms with E-state index in [1.54, 1.807) is 0 Å². The second kappa shape index (κ2) is 5.70. The van der Waals surface area contributed by atoms with Gasteiger partial charge in [-0.05, 0) is 0 Å². The Kier molecular flexibility index (Phi) is 3.61. The molecule has 2 aliphatic heterocycles. The van der Waals surface area contributed by atoms with Crippen molar-refractivity contribution >= 4 is 34.9 Å². The van der Waals surface area contributed by atoms with Crippen LogP contribution in [0.25, 0.3) is 11.2 Å². The average Bonchev–Trinajstić information content (AvgIpc) is 3.27. The summed E-state index contributed by atoms with van der Waals surface area (Å²) in [7, 11) is 0. The smallest absolute Gasteiger partial charge is 0.250 e. The lowest BCUT2D eigenvalue weighted by molar-refractivity contribution is -0.110. The maximum Gasteiger partial charge on any atom is 0.250 e.